The number of anilines is 1. The molecule has 5 heteroatoms. The van der Waals surface area contributed by atoms with E-state index in [1.807, 2.05) is 29.7 Å². The van der Waals surface area contributed by atoms with Gasteiger partial charge in [-0.15, -0.1) is 0 Å². The molecule has 2 rings (SSSR count). The van der Waals surface area contributed by atoms with Gasteiger partial charge in [0.15, 0.2) is 0 Å². The summed E-state index contributed by atoms with van der Waals surface area (Å²) >= 11 is 0. The number of nitrogens with one attached hydrogen (secondary N) is 1. The molecule has 5 nitrogen and oxygen atoms in total. The van der Waals surface area contributed by atoms with E-state index in [0.29, 0.717) is 0 Å². The Morgan fingerprint density at radius 1 is 1.28 bits per heavy atom. The molecule has 1 aliphatic heterocycles. The minimum absolute atomic E-state index is 0.0225. The third kappa shape index (κ3) is 2.68. The van der Waals surface area contributed by atoms with Gasteiger partial charge in [-0.2, -0.15) is 0 Å². The van der Waals surface area contributed by atoms with E-state index < -0.39 is 0 Å². The molecular weight excluding hydrogens is 230 g/mol. The molecule has 1 heterocycles. The van der Waals surface area contributed by atoms with Crippen molar-refractivity contribution in [1.82, 2.24) is 5.43 Å². The van der Waals surface area contributed by atoms with E-state index in [4.69, 9.17) is 5.84 Å². The smallest absolute Gasteiger partial charge is 0.234 e. The maximum Gasteiger partial charge on any atom is 0.234 e. The van der Waals surface area contributed by atoms with Gasteiger partial charge in [0.25, 0.3) is 0 Å². The molecule has 1 aromatic rings. The van der Waals surface area contributed by atoms with Crippen LogP contribution >= 0.6 is 0 Å². The highest BCUT2D eigenvalue weighted by Crippen LogP contribution is 2.27. The highest BCUT2D eigenvalue weighted by Gasteiger charge is 2.22. The van der Waals surface area contributed by atoms with Crippen LogP contribution in [0, 0.1) is 0 Å². The van der Waals surface area contributed by atoms with Crippen LogP contribution < -0.4 is 16.2 Å². The van der Waals surface area contributed by atoms with Crippen LogP contribution in [0.3, 0.4) is 0 Å². The molecule has 1 aromatic carbocycles. The number of para-hydroxylation sites is 1. The van der Waals surface area contributed by atoms with Crippen molar-refractivity contribution in [2.24, 2.45) is 5.84 Å². The van der Waals surface area contributed by atoms with E-state index in [9.17, 15) is 9.59 Å². The number of aryl methyl sites for hydroxylation is 1. The number of carbonyl (C=O) groups excluding carboxylic acids is 2. The van der Waals surface area contributed by atoms with Crippen LogP contribution in [0.1, 0.15) is 24.8 Å². The van der Waals surface area contributed by atoms with Crippen molar-refractivity contribution in [2.75, 3.05) is 11.4 Å². The first-order valence-corrected chi connectivity index (χ1v) is 6.10. The van der Waals surface area contributed by atoms with E-state index in [2.05, 4.69) is 0 Å². The maximum atomic E-state index is 12.1. The van der Waals surface area contributed by atoms with Crippen molar-refractivity contribution in [3.05, 3.63) is 29.8 Å². The lowest BCUT2D eigenvalue weighted by atomic mass is 10.0. The monoisotopic (exact) mass is 247 g/mol. The van der Waals surface area contributed by atoms with Crippen LogP contribution in [-0.2, 0) is 16.0 Å². The molecule has 1 aliphatic rings. The Balaban J connectivity index is 2.06. The minimum atomic E-state index is -0.311. The Morgan fingerprint density at radius 3 is 2.83 bits per heavy atom. The molecule has 0 radical (unpaired) electrons. The summed E-state index contributed by atoms with van der Waals surface area (Å²) in [7, 11) is 0. The summed E-state index contributed by atoms with van der Waals surface area (Å²) in [5, 5.41) is 0. The van der Waals surface area contributed by atoms with Gasteiger partial charge < -0.3 is 4.90 Å². The molecule has 3 N–H and O–H groups in total. The number of hydrogen-bond acceptors (Lipinski definition) is 3. The van der Waals surface area contributed by atoms with Gasteiger partial charge >= 0.3 is 0 Å². The standard InChI is InChI=1S/C13H17N3O2/c14-15-12(17)7-8-13(18)16-9-3-5-10-4-1-2-6-11(10)16/h1-2,4,6H,3,5,7-9,14H2,(H,15,17). The first kappa shape index (κ1) is 12.6. The predicted molar refractivity (Wildman–Crippen MR) is 68.7 cm³/mol. The van der Waals surface area contributed by atoms with Crippen molar-refractivity contribution >= 4 is 17.5 Å². The van der Waals surface area contributed by atoms with Gasteiger partial charge in [0.2, 0.25) is 11.8 Å². The zero-order valence-electron chi connectivity index (χ0n) is 10.2. The van der Waals surface area contributed by atoms with E-state index in [1.165, 1.54) is 5.56 Å². The number of hydrazine groups is 1. The Kier molecular flexibility index (Phi) is 3.94. The van der Waals surface area contributed by atoms with Gasteiger partial charge in [-0.3, -0.25) is 15.0 Å². The molecule has 18 heavy (non-hydrogen) atoms. The minimum Gasteiger partial charge on any atom is -0.312 e. The Hall–Kier alpha value is -1.88. The second-order valence-electron chi connectivity index (χ2n) is 4.35. The van der Waals surface area contributed by atoms with Crippen LogP contribution in [0.2, 0.25) is 0 Å². The Morgan fingerprint density at radius 2 is 2.06 bits per heavy atom. The van der Waals surface area contributed by atoms with Crippen molar-refractivity contribution in [3.8, 4) is 0 Å². The van der Waals surface area contributed by atoms with Gasteiger partial charge in [-0.05, 0) is 24.5 Å². The largest absolute Gasteiger partial charge is 0.312 e. The lowest BCUT2D eigenvalue weighted by Crippen LogP contribution is -2.37. The number of nitrogens with zero attached hydrogens (tertiary/aromatic N) is 1. The van der Waals surface area contributed by atoms with E-state index in [0.717, 1.165) is 25.1 Å². The summed E-state index contributed by atoms with van der Waals surface area (Å²) in [5.41, 5.74) is 4.20. The zero-order chi connectivity index (χ0) is 13.0. The van der Waals surface area contributed by atoms with Gasteiger partial charge in [0.1, 0.15) is 0 Å². The second-order valence-corrected chi connectivity index (χ2v) is 4.35. The molecule has 96 valence electrons. The average Bonchev–Trinajstić information content (AvgIpc) is 2.43. The first-order chi connectivity index (χ1) is 8.72. The summed E-state index contributed by atoms with van der Waals surface area (Å²) < 4.78 is 0. The molecule has 0 aromatic heterocycles. The predicted octanol–water partition coefficient (Wildman–Crippen LogP) is 0.736. The van der Waals surface area contributed by atoms with E-state index >= 15 is 0 Å². The SMILES string of the molecule is NNC(=O)CCC(=O)N1CCCc2ccccc21. The van der Waals surface area contributed by atoms with Crippen molar-refractivity contribution in [1.29, 1.82) is 0 Å². The summed E-state index contributed by atoms with van der Waals surface area (Å²) in [5.74, 6) is 4.65. The van der Waals surface area contributed by atoms with Crippen LogP contribution in [0.15, 0.2) is 24.3 Å². The molecular formula is C13H17N3O2. The molecule has 0 spiro atoms. The van der Waals surface area contributed by atoms with Crippen LogP contribution in [-0.4, -0.2) is 18.4 Å². The number of carbonyl (C=O) groups is 2. The summed E-state index contributed by atoms with van der Waals surface area (Å²) in [6, 6.07) is 7.91. The first-order valence-electron chi connectivity index (χ1n) is 6.10. The molecule has 0 aliphatic carbocycles. The molecule has 0 bridgehead atoms. The van der Waals surface area contributed by atoms with Crippen molar-refractivity contribution in [3.63, 3.8) is 0 Å². The Labute approximate surface area is 106 Å². The summed E-state index contributed by atoms with van der Waals surface area (Å²) in [6.45, 7) is 0.722. The number of amides is 2. The number of benzene rings is 1. The van der Waals surface area contributed by atoms with E-state index in [1.54, 1.807) is 4.90 Å². The van der Waals surface area contributed by atoms with E-state index in [-0.39, 0.29) is 24.7 Å². The molecule has 0 atom stereocenters. The van der Waals surface area contributed by atoms with Crippen molar-refractivity contribution in [2.45, 2.75) is 25.7 Å². The fraction of sp³-hybridized carbons (Fsp3) is 0.385. The van der Waals surface area contributed by atoms with Crippen LogP contribution in [0.25, 0.3) is 0 Å². The second kappa shape index (κ2) is 5.64. The third-order valence-electron chi connectivity index (χ3n) is 3.14. The molecule has 0 fully saturated rings. The normalized spacial score (nSPS) is 13.9. The fourth-order valence-corrected chi connectivity index (χ4v) is 2.22. The number of fused-ring (bicyclic) bond motifs is 1. The Bertz CT molecular complexity index is 459. The maximum absolute atomic E-state index is 12.1. The number of nitrogens with two attached hydrogens (primary N) is 1. The van der Waals surface area contributed by atoms with Gasteiger partial charge in [0, 0.05) is 25.1 Å². The topological polar surface area (TPSA) is 75.4 Å². The van der Waals surface area contributed by atoms with Gasteiger partial charge in [0.05, 0.1) is 0 Å². The highest BCUT2D eigenvalue weighted by molar-refractivity contribution is 5.96. The van der Waals surface area contributed by atoms with Gasteiger partial charge in [-0.1, -0.05) is 18.2 Å². The quantitative estimate of drug-likeness (QED) is 0.470. The summed E-state index contributed by atoms with van der Waals surface area (Å²) in [6.07, 6.45) is 2.29. The summed E-state index contributed by atoms with van der Waals surface area (Å²) in [4.78, 5) is 24.9. The third-order valence-corrected chi connectivity index (χ3v) is 3.14. The van der Waals surface area contributed by atoms with Gasteiger partial charge in [-0.25, -0.2) is 5.84 Å². The fourth-order valence-electron chi connectivity index (χ4n) is 2.22. The lowest BCUT2D eigenvalue weighted by molar-refractivity contribution is -0.125. The number of hydrogen-bond donors (Lipinski definition) is 2. The van der Waals surface area contributed by atoms with Crippen LogP contribution in [0.4, 0.5) is 5.69 Å². The van der Waals surface area contributed by atoms with Crippen LogP contribution in [0.5, 0.6) is 0 Å². The molecule has 0 saturated carbocycles. The van der Waals surface area contributed by atoms with Crippen molar-refractivity contribution < 1.29 is 9.59 Å². The lowest BCUT2D eigenvalue weighted by Gasteiger charge is -2.29. The molecule has 0 saturated heterocycles. The zero-order valence-corrected chi connectivity index (χ0v) is 10.2. The molecule has 0 unspecified atom stereocenters. The molecule has 2 amide bonds. The highest BCUT2D eigenvalue weighted by atomic mass is 16.2. The number of rotatable bonds is 3. The average molecular weight is 247 g/mol.